The van der Waals surface area contributed by atoms with E-state index in [1.807, 2.05) is 24.3 Å². The molecule has 2 aromatic carbocycles. The van der Waals surface area contributed by atoms with Gasteiger partial charge in [0.05, 0.1) is 23.8 Å². The van der Waals surface area contributed by atoms with Crippen LogP contribution in [0.3, 0.4) is 0 Å². The first-order chi connectivity index (χ1) is 15.5. The predicted molar refractivity (Wildman–Crippen MR) is 122 cm³/mol. The average molecular weight is 453 g/mol. The minimum atomic E-state index is -3.76. The van der Waals surface area contributed by atoms with E-state index >= 15 is 0 Å². The summed E-state index contributed by atoms with van der Waals surface area (Å²) in [6, 6.07) is 16.6. The zero-order valence-electron chi connectivity index (χ0n) is 17.4. The van der Waals surface area contributed by atoms with Gasteiger partial charge in [0.1, 0.15) is 0 Å². The summed E-state index contributed by atoms with van der Waals surface area (Å²) in [7, 11) is -3.76. The van der Waals surface area contributed by atoms with Crippen molar-refractivity contribution in [2.24, 2.45) is 0 Å². The molecular formula is C23H24N4O4S. The van der Waals surface area contributed by atoms with Gasteiger partial charge in [-0.25, -0.2) is 8.42 Å². The van der Waals surface area contributed by atoms with E-state index in [2.05, 4.69) is 19.9 Å². The topological polar surface area (TPSA) is 101 Å². The molecule has 1 aliphatic rings. The van der Waals surface area contributed by atoms with Crippen molar-refractivity contribution in [2.45, 2.75) is 11.4 Å². The molecule has 0 spiro atoms. The van der Waals surface area contributed by atoms with Gasteiger partial charge in [-0.05, 0) is 54.1 Å². The maximum Gasteiger partial charge on any atom is 0.261 e. The highest BCUT2D eigenvalue weighted by molar-refractivity contribution is 7.92. The first-order valence-electron chi connectivity index (χ1n) is 10.2. The van der Waals surface area contributed by atoms with E-state index in [1.54, 1.807) is 12.1 Å². The zero-order valence-corrected chi connectivity index (χ0v) is 18.2. The number of nitrogens with one attached hydrogen (secondary N) is 2. The maximum absolute atomic E-state index is 12.7. The van der Waals surface area contributed by atoms with E-state index in [-0.39, 0.29) is 10.8 Å². The van der Waals surface area contributed by atoms with Crippen LogP contribution >= 0.6 is 0 Å². The van der Waals surface area contributed by atoms with Crippen molar-refractivity contribution in [1.82, 2.24) is 9.88 Å². The first kappa shape index (κ1) is 21.9. The quantitative estimate of drug-likeness (QED) is 0.572. The van der Waals surface area contributed by atoms with Gasteiger partial charge < -0.3 is 10.1 Å². The summed E-state index contributed by atoms with van der Waals surface area (Å²) in [4.78, 5) is 18.9. The fourth-order valence-corrected chi connectivity index (χ4v) is 4.45. The van der Waals surface area contributed by atoms with Gasteiger partial charge in [0.25, 0.3) is 15.9 Å². The van der Waals surface area contributed by atoms with Crippen LogP contribution in [0.1, 0.15) is 15.9 Å². The summed E-state index contributed by atoms with van der Waals surface area (Å²) in [5, 5.41) is 2.88. The number of nitrogens with zero attached hydrogens (tertiary/aromatic N) is 2. The molecule has 166 valence electrons. The van der Waals surface area contributed by atoms with Crippen molar-refractivity contribution in [3.05, 3.63) is 84.2 Å². The number of carbonyl (C=O) groups excluding carboxylic acids is 1. The number of amides is 1. The van der Waals surface area contributed by atoms with E-state index in [9.17, 15) is 13.2 Å². The van der Waals surface area contributed by atoms with Crippen LogP contribution in [0, 0.1) is 0 Å². The second-order valence-corrected chi connectivity index (χ2v) is 9.09. The second kappa shape index (κ2) is 9.90. The molecule has 8 nitrogen and oxygen atoms in total. The lowest BCUT2D eigenvalue weighted by atomic mass is 10.1. The molecular weight excluding hydrogens is 428 g/mol. The monoisotopic (exact) mass is 452 g/mol. The molecule has 4 rings (SSSR count). The summed E-state index contributed by atoms with van der Waals surface area (Å²) >= 11 is 0. The van der Waals surface area contributed by atoms with Crippen LogP contribution in [0.5, 0.6) is 0 Å². The number of carbonyl (C=O) groups is 1. The molecule has 0 saturated carbocycles. The van der Waals surface area contributed by atoms with E-state index < -0.39 is 10.0 Å². The minimum Gasteiger partial charge on any atom is -0.379 e. The van der Waals surface area contributed by atoms with Gasteiger partial charge in [0.15, 0.2) is 0 Å². The van der Waals surface area contributed by atoms with Gasteiger partial charge >= 0.3 is 0 Å². The number of ether oxygens (including phenoxy) is 1. The van der Waals surface area contributed by atoms with Crippen molar-refractivity contribution < 1.29 is 17.9 Å². The highest BCUT2D eigenvalue weighted by Gasteiger charge is 2.16. The number of hydrogen-bond donors (Lipinski definition) is 2. The SMILES string of the molecule is O=C(Nc1cccc(CN2CCOCC2)c1)c1ccc(S(=O)(=O)Nc2ccncc2)cc1. The molecule has 3 aromatic rings. The standard InChI is InChI=1S/C23H24N4O4S/c28-23(25-21-3-1-2-18(16-21)17-27-12-14-31-15-13-27)19-4-6-22(7-5-19)32(29,30)26-20-8-10-24-11-9-20/h1-11,16H,12-15,17H2,(H,24,26)(H,25,28). The largest absolute Gasteiger partial charge is 0.379 e. The molecule has 1 aromatic heterocycles. The van der Waals surface area contributed by atoms with Crippen LogP contribution < -0.4 is 10.0 Å². The van der Waals surface area contributed by atoms with Gasteiger partial charge in [-0.2, -0.15) is 0 Å². The Morgan fingerprint density at radius 2 is 1.69 bits per heavy atom. The number of rotatable bonds is 7. The van der Waals surface area contributed by atoms with E-state index in [4.69, 9.17) is 4.74 Å². The molecule has 9 heteroatoms. The molecule has 0 aliphatic carbocycles. The average Bonchev–Trinajstić information content (AvgIpc) is 2.80. The Labute approximate surface area is 187 Å². The second-order valence-electron chi connectivity index (χ2n) is 7.41. The fourth-order valence-electron chi connectivity index (χ4n) is 3.39. The number of benzene rings is 2. The van der Waals surface area contributed by atoms with Gasteiger partial charge in [-0.1, -0.05) is 12.1 Å². The molecule has 2 heterocycles. The molecule has 32 heavy (non-hydrogen) atoms. The Morgan fingerprint density at radius 1 is 0.969 bits per heavy atom. The number of sulfonamides is 1. The zero-order chi connectivity index (χ0) is 22.4. The fraction of sp³-hybridized carbons (Fsp3) is 0.217. The number of hydrogen-bond acceptors (Lipinski definition) is 6. The van der Waals surface area contributed by atoms with Crippen molar-refractivity contribution in [3.63, 3.8) is 0 Å². The molecule has 2 N–H and O–H groups in total. The summed E-state index contributed by atoms with van der Waals surface area (Å²) < 4.78 is 32.9. The van der Waals surface area contributed by atoms with Crippen molar-refractivity contribution in [2.75, 3.05) is 36.3 Å². The third-order valence-corrected chi connectivity index (χ3v) is 6.45. The molecule has 1 aliphatic heterocycles. The number of morpholine rings is 1. The lowest BCUT2D eigenvalue weighted by Crippen LogP contribution is -2.35. The van der Waals surface area contributed by atoms with Crippen LogP contribution in [-0.2, 0) is 21.3 Å². The van der Waals surface area contributed by atoms with Crippen molar-refractivity contribution in [1.29, 1.82) is 0 Å². The van der Waals surface area contributed by atoms with Gasteiger partial charge in [-0.3, -0.25) is 19.4 Å². The third kappa shape index (κ3) is 5.70. The Kier molecular flexibility index (Phi) is 6.79. The normalized spacial score (nSPS) is 14.6. The van der Waals surface area contributed by atoms with Crippen LogP contribution in [0.2, 0.25) is 0 Å². The van der Waals surface area contributed by atoms with Crippen LogP contribution in [-0.4, -0.2) is 50.5 Å². The van der Waals surface area contributed by atoms with Crippen LogP contribution in [0.15, 0.2) is 78.0 Å². The molecule has 0 atom stereocenters. The highest BCUT2D eigenvalue weighted by atomic mass is 32.2. The molecule has 1 amide bonds. The minimum absolute atomic E-state index is 0.0679. The first-order valence-corrected chi connectivity index (χ1v) is 11.7. The van der Waals surface area contributed by atoms with E-state index in [0.717, 1.165) is 38.4 Å². The van der Waals surface area contributed by atoms with Crippen LogP contribution in [0.25, 0.3) is 0 Å². The summed E-state index contributed by atoms with van der Waals surface area (Å²) in [5.74, 6) is -0.306. The van der Waals surface area contributed by atoms with E-state index in [0.29, 0.717) is 16.9 Å². The Bertz CT molecular complexity index is 1160. The summed E-state index contributed by atoms with van der Waals surface area (Å²) in [6.45, 7) is 4.05. The number of anilines is 2. The molecule has 0 bridgehead atoms. The Hall–Kier alpha value is -3.27. The maximum atomic E-state index is 12.7. The number of aromatic nitrogens is 1. The van der Waals surface area contributed by atoms with Gasteiger partial charge in [0.2, 0.25) is 0 Å². The lowest BCUT2D eigenvalue weighted by Gasteiger charge is -2.26. The third-order valence-electron chi connectivity index (χ3n) is 5.05. The van der Waals surface area contributed by atoms with Gasteiger partial charge in [0, 0.05) is 43.3 Å². The molecule has 1 fully saturated rings. The smallest absolute Gasteiger partial charge is 0.261 e. The van der Waals surface area contributed by atoms with Crippen molar-refractivity contribution in [3.8, 4) is 0 Å². The van der Waals surface area contributed by atoms with Gasteiger partial charge in [-0.15, -0.1) is 0 Å². The van der Waals surface area contributed by atoms with E-state index in [1.165, 1.54) is 36.7 Å². The predicted octanol–water partition coefficient (Wildman–Crippen LogP) is 2.97. The summed E-state index contributed by atoms with van der Waals surface area (Å²) in [5.41, 5.74) is 2.58. The highest BCUT2D eigenvalue weighted by Crippen LogP contribution is 2.18. The molecule has 0 unspecified atom stereocenters. The lowest BCUT2D eigenvalue weighted by molar-refractivity contribution is 0.0342. The summed E-state index contributed by atoms with van der Waals surface area (Å²) in [6.07, 6.45) is 3.00. The van der Waals surface area contributed by atoms with Crippen molar-refractivity contribution >= 4 is 27.3 Å². The van der Waals surface area contributed by atoms with Crippen LogP contribution in [0.4, 0.5) is 11.4 Å². The number of pyridine rings is 1. The Morgan fingerprint density at radius 3 is 2.41 bits per heavy atom. The molecule has 0 radical (unpaired) electrons. The molecule has 1 saturated heterocycles. The Balaban J connectivity index is 1.40.